The number of nitrogens with one attached hydrogen (secondary N) is 1. The van der Waals surface area contributed by atoms with Crippen molar-refractivity contribution in [1.29, 1.82) is 0 Å². The van der Waals surface area contributed by atoms with Crippen molar-refractivity contribution in [2.24, 2.45) is 0 Å². The van der Waals surface area contributed by atoms with E-state index in [0.717, 1.165) is 6.42 Å². The Hall–Kier alpha value is -4.65. The predicted octanol–water partition coefficient (Wildman–Crippen LogP) is 4.54. The van der Waals surface area contributed by atoms with Gasteiger partial charge in [0, 0.05) is 18.1 Å². The van der Waals surface area contributed by atoms with Crippen LogP contribution in [0.5, 0.6) is 0 Å². The lowest BCUT2D eigenvalue weighted by molar-refractivity contribution is -0.149. The summed E-state index contributed by atoms with van der Waals surface area (Å²) in [5.74, 6) is -0.506. The molecular formula is C30H36N4O8S. The molecule has 1 aliphatic rings. The monoisotopic (exact) mass is 612 g/mol. The highest BCUT2D eigenvalue weighted by molar-refractivity contribution is 7.96. The van der Waals surface area contributed by atoms with Gasteiger partial charge in [0.2, 0.25) is 0 Å². The van der Waals surface area contributed by atoms with Crippen LogP contribution in [0.25, 0.3) is 0 Å². The number of unbranched alkanes of at least 4 members (excludes halogenated alkanes) is 1. The molecule has 230 valence electrons. The largest absolute Gasteiger partial charge is 0.496 e. The molecule has 1 atom stereocenters. The van der Waals surface area contributed by atoms with Crippen molar-refractivity contribution in [2.45, 2.75) is 45.7 Å². The second-order valence-corrected chi connectivity index (χ2v) is 11.4. The van der Waals surface area contributed by atoms with Crippen LogP contribution in [0.15, 0.2) is 95.2 Å². The number of rotatable bonds is 11. The Morgan fingerprint density at radius 3 is 2.58 bits per heavy atom. The van der Waals surface area contributed by atoms with Crippen LogP contribution in [-0.2, 0) is 35.4 Å². The number of imidazole rings is 1. The van der Waals surface area contributed by atoms with Crippen LogP contribution in [0.2, 0.25) is 0 Å². The highest BCUT2D eigenvalue weighted by Crippen LogP contribution is 2.21. The van der Waals surface area contributed by atoms with Gasteiger partial charge in [0.1, 0.15) is 30.5 Å². The maximum atomic E-state index is 12.8. The van der Waals surface area contributed by atoms with E-state index < -0.39 is 27.8 Å². The number of carbonyl (C=O) groups excluding carboxylic acids is 3. The van der Waals surface area contributed by atoms with Gasteiger partial charge in [-0.2, -0.15) is 0 Å². The first-order valence-electron chi connectivity index (χ1n) is 13.7. The Kier molecular flexibility index (Phi) is 12.3. The van der Waals surface area contributed by atoms with Gasteiger partial charge < -0.3 is 24.1 Å². The molecule has 3 heterocycles. The van der Waals surface area contributed by atoms with E-state index in [1.165, 1.54) is 35.2 Å². The lowest BCUT2D eigenvalue weighted by Crippen LogP contribution is -2.46. The van der Waals surface area contributed by atoms with Gasteiger partial charge in [-0.15, -0.1) is 6.58 Å². The molecule has 0 saturated carbocycles. The third kappa shape index (κ3) is 9.43. The minimum atomic E-state index is -3.55. The Morgan fingerprint density at radius 1 is 1.21 bits per heavy atom. The number of ether oxygens (including phenoxy) is 2. The van der Waals surface area contributed by atoms with Crippen LogP contribution in [-0.4, -0.2) is 65.8 Å². The van der Waals surface area contributed by atoms with E-state index >= 15 is 0 Å². The molecule has 0 fully saturated rings. The molecule has 1 N–H and O–H groups in total. The fourth-order valence-corrected chi connectivity index (χ4v) is 5.45. The lowest BCUT2D eigenvalue weighted by atomic mass is 10.2. The van der Waals surface area contributed by atoms with Crippen molar-refractivity contribution in [1.82, 2.24) is 14.5 Å². The molecule has 1 aliphatic heterocycles. The summed E-state index contributed by atoms with van der Waals surface area (Å²) in [5.41, 5.74) is 0.545. The Bertz CT molecular complexity index is 1480. The quantitative estimate of drug-likeness (QED) is 0.187. The summed E-state index contributed by atoms with van der Waals surface area (Å²) in [6, 6.07) is 11.1. The van der Waals surface area contributed by atoms with Gasteiger partial charge in [0.15, 0.2) is 14.7 Å². The van der Waals surface area contributed by atoms with E-state index in [4.69, 9.17) is 13.9 Å². The third-order valence-corrected chi connectivity index (χ3v) is 8.05. The van der Waals surface area contributed by atoms with Crippen molar-refractivity contribution in [3.8, 4) is 0 Å². The first-order chi connectivity index (χ1) is 20.7. The van der Waals surface area contributed by atoms with Crippen LogP contribution in [0, 0.1) is 0 Å². The highest BCUT2D eigenvalue weighted by atomic mass is 32.2. The van der Waals surface area contributed by atoms with E-state index in [0.29, 0.717) is 30.9 Å². The minimum Gasteiger partial charge on any atom is -0.496 e. The van der Waals surface area contributed by atoms with Crippen molar-refractivity contribution in [3.63, 3.8) is 0 Å². The number of anilines is 1. The van der Waals surface area contributed by atoms with E-state index in [2.05, 4.69) is 16.9 Å². The van der Waals surface area contributed by atoms with Crippen molar-refractivity contribution >= 4 is 33.4 Å². The molecule has 2 amide bonds. The number of carbonyl (C=O) groups is 3. The fraction of sp³-hybridized carbons (Fsp3) is 0.333. The predicted molar refractivity (Wildman–Crippen MR) is 159 cm³/mol. The van der Waals surface area contributed by atoms with Gasteiger partial charge in [-0.25, -0.2) is 23.0 Å². The summed E-state index contributed by atoms with van der Waals surface area (Å²) < 4.78 is 40.8. The van der Waals surface area contributed by atoms with Crippen molar-refractivity contribution in [2.75, 3.05) is 24.3 Å². The van der Waals surface area contributed by atoms with Gasteiger partial charge >= 0.3 is 12.0 Å². The van der Waals surface area contributed by atoms with Gasteiger partial charge in [-0.1, -0.05) is 31.2 Å². The summed E-state index contributed by atoms with van der Waals surface area (Å²) in [6.45, 7) is 7.53. The van der Waals surface area contributed by atoms with Crippen LogP contribution in [0.1, 0.15) is 38.9 Å². The summed E-state index contributed by atoms with van der Waals surface area (Å²) in [6.07, 6.45) is 9.67. The number of para-hydroxylation sites is 1. The molecule has 0 saturated heterocycles. The van der Waals surface area contributed by atoms with Gasteiger partial charge in [-0.05, 0) is 50.5 Å². The van der Waals surface area contributed by atoms with Crippen LogP contribution in [0.4, 0.5) is 10.5 Å². The van der Waals surface area contributed by atoms with Crippen LogP contribution >= 0.6 is 0 Å². The SMILES string of the molecule is C=CCCCOC(=O)C(CC)N(Cc1ccco1)C(=O)n1ccnc1.CC1=C(C(=O)Nc2ccccc2)S(=O)(=O)CCO1. The average molecular weight is 613 g/mol. The summed E-state index contributed by atoms with van der Waals surface area (Å²) >= 11 is 0. The zero-order chi connectivity index (χ0) is 31.2. The van der Waals surface area contributed by atoms with E-state index in [-0.39, 0.29) is 35.6 Å². The Balaban J connectivity index is 0.000000248. The number of benzene rings is 1. The number of hydrogen-bond donors (Lipinski definition) is 1. The first-order valence-corrected chi connectivity index (χ1v) is 15.3. The van der Waals surface area contributed by atoms with Gasteiger partial charge in [0.05, 0.1) is 25.2 Å². The normalized spacial score (nSPS) is 14.4. The van der Waals surface area contributed by atoms with Gasteiger partial charge in [0.25, 0.3) is 5.91 Å². The van der Waals surface area contributed by atoms with Crippen LogP contribution in [0.3, 0.4) is 0 Å². The molecule has 12 nitrogen and oxygen atoms in total. The summed E-state index contributed by atoms with van der Waals surface area (Å²) in [4.78, 5) is 42.3. The molecule has 2 aromatic heterocycles. The lowest BCUT2D eigenvalue weighted by Gasteiger charge is -2.28. The smallest absolute Gasteiger partial charge is 0.330 e. The standard InChI is InChI=1S/C18H23N3O4.C12H13NO4S/c1-3-5-6-11-25-17(22)16(4-2)21(13-15-8-7-12-24-15)18(23)20-10-9-19-14-20;1-9-11(18(15,16)8-7-17-9)12(14)13-10-5-3-2-4-6-10/h3,7-10,12,14,16H,1,4-6,11,13H2,2H3;2-6H,7-8H2,1H3,(H,13,14). The first kappa shape index (κ1) is 32.9. The number of nitrogens with zero attached hydrogens (tertiary/aromatic N) is 3. The molecule has 43 heavy (non-hydrogen) atoms. The Labute approximate surface area is 250 Å². The van der Waals surface area contributed by atoms with E-state index in [1.807, 2.05) is 6.92 Å². The fourth-order valence-electron chi connectivity index (χ4n) is 4.11. The maximum Gasteiger partial charge on any atom is 0.330 e. The molecule has 1 unspecified atom stereocenters. The summed E-state index contributed by atoms with van der Waals surface area (Å²) in [5, 5.41) is 2.54. The molecule has 0 radical (unpaired) electrons. The number of hydrogen-bond acceptors (Lipinski definition) is 9. The number of sulfone groups is 1. The zero-order valence-corrected chi connectivity index (χ0v) is 25.0. The molecule has 0 bridgehead atoms. The second-order valence-electron chi connectivity index (χ2n) is 9.36. The number of aromatic nitrogens is 2. The number of esters is 1. The van der Waals surface area contributed by atoms with E-state index in [9.17, 15) is 22.8 Å². The Morgan fingerprint density at radius 2 is 1.98 bits per heavy atom. The third-order valence-electron chi connectivity index (χ3n) is 6.25. The number of furan rings is 1. The molecule has 0 spiro atoms. The van der Waals surface area contributed by atoms with Crippen LogP contribution < -0.4 is 5.32 Å². The second kappa shape index (κ2) is 16.1. The summed E-state index contributed by atoms with van der Waals surface area (Å²) in [7, 11) is -3.55. The highest BCUT2D eigenvalue weighted by Gasteiger charge is 2.32. The number of amides is 2. The molecular weight excluding hydrogens is 576 g/mol. The van der Waals surface area contributed by atoms with Crippen molar-refractivity contribution < 1.29 is 36.7 Å². The van der Waals surface area contributed by atoms with E-state index in [1.54, 1.807) is 54.7 Å². The maximum absolute atomic E-state index is 12.8. The van der Waals surface area contributed by atoms with Crippen molar-refractivity contribution in [3.05, 3.63) is 96.5 Å². The zero-order valence-electron chi connectivity index (χ0n) is 24.2. The topological polar surface area (TPSA) is 150 Å². The molecule has 4 rings (SSSR count). The molecule has 3 aromatic rings. The number of allylic oxidation sites excluding steroid dienone is 2. The molecule has 13 heteroatoms. The minimum absolute atomic E-state index is 0.0935. The molecule has 0 aliphatic carbocycles. The van der Waals surface area contributed by atoms with Gasteiger partial charge in [-0.3, -0.25) is 9.36 Å². The average Bonchev–Trinajstić information content (AvgIpc) is 3.70. The molecule has 1 aromatic carbocycles.